The number of ether oxygens (including phenoxy) is 2. The van der Waals surface area contributed by atoms with E-state index < -0.39 is 0 Å². The molecule has 0 aliphatic carbocycles. The predicted octanol–water partition coefficient (Wildman–Crippen LogP) is 3.12. The second kappa shape index (κ2) is 6.59. The Morgan fingerprint density at radius 3 is 2.60 bits per heavy atom. The normalized spacial score (nSPS) is 20.9. The van der Waals surface area contributed by atoms with Gasteiger partial charge in [-0.1, -0.05) is 32.9 Å². The Bertz CT molecular complexity index is 408. The Balaban J connectivity index is 1.87. The smallest absolute Gasteiger partial charge is 0.119 e. The third-order valence-electron chi connectivity index (χ3n) is 4.53. The van der Waals surface area contributed by atoms with E-state index in [2.05, 4.69) is 32.9 Å². The van der Waals surface area contributed by atoms with Gasteiger partial charge in [-0.25, -0.2) is 0 Å². The van der Waals surface area contributed by atoms with Crippen molar-refractivity contribution in [3.8, 4) is 5.75 Å². The van der Waals surface area contributed by atoms with E-state index in [0.717, 1.165) is 31.8 Å². The maximum Gasteiger partial charge on any atom is 0.119 e. The van der Waals surface area contributed by atoms with Gasteiger partial charge in [0.2, 0.25) is 0 Å². The van der Waals surface area contributed by atoms with E-state index in [9.17, 15) is 0 Å². The molecule has 2 rings (SSSR count). The van der Waals surface area contributed by atoms with Crippen molar-refractivity contribution in [1.29, 1.82) is 0 Å². The highest BCUT2D eigenvalue weighted by Gasteiger charge is 2.23. The van der Waals surface area contributed by atoms with Crippen LogP contribution in [0.4, 0.5) is 0 Å². The molecule has 2 atom stereocenters. The van der Waals surface area contributed by atoms with Crippen LogP contribution in [0.5, 0.6) is 5.75 Å². The van der Waals surface area contributed by atoms with Crippen LogP contribution < -0.4 is 10.5 Å². The summed E-state index contributed by atoms with van der Waals surface area (Å²) in [5, 5.41) is 0. The molecule has 0 aromatic heterocycles. The van der Waals surface area contributed by atoms with Crippen molar-refractivity contribution in [3.05, 3.63) is 29.8 Å². The van der Waals surface area contributed by atoms with Crippen LogP contribution in [0.1, 0.15) is 39.2 Å². The van der Waals surface area contributed by atoms with Crippen LogP contribution >= 0.6 is 0 Å². The van der Waals surface area contributed by atoms with Crippen molar-refractivity contribution >= 4 is 0 Å². The standard InChI is InChI=1S/C17H27NO2/c1-4-17(2,3)14-5-7-15(8-6-14)20-12-16(18)13-9-10-19-11-13/h5-8,13,16H,4,9-12,18H2,1-3H3. The highest BCUT2D eigenvalue weighted by Crippen LogP contribution is 2.28. The van der Waals surface area contributed by atoms with Crippen LogP contribution in [0.25, 0.3) is 0 Å². The van der Waals surface area contributed by atoms with Crippen LogP contribution in [0.2, 0.25) is 0 Å². The minimum atomic E-state index is 0.0595. The summed E-state index contributed by atoms with van der Waals surface area (Å²) >= 11 is 0. The molecule has 2 unspecified atom stereocenters. The van der Waals surface area contributed by atoms with E-state index in [-0.39, 0.29) is 11.5 Å². The number of hydrogen-bond donors (Lipinski definition) is 1. The van der Waals surface area contributed by atoms with Crippen LogP contribution in [0.3, 0.4) is 0 Å². The molecule has 112 valence electrons. The van der Waals surface area contributed by atoms with Gasteiger partial charge in [-0.2, -0.15) is 0 Å². The molecule has 3 heteroatoms. The summed E-state index contributed by atoms with van der Waals surface area (Å²) in [6.45, 7) is 8.91. The lowest BCUT2D eigenvalue weighted by atomic mass is 9.82. The zero-order chi connectivity index (χ0) is 14.6. The zero-order valence-electron chi connectivity index (χ0n) is 12.9. The van der Waals surface area contributed by atoms with Gasteiger partial charge in [0.15, 0.2) is 0 Å². The number of nitrogens with two attached hydrogens (primary N) is 1. The molecule has 1 fully saturated rings. The molecule has 1 aromatic rings. The molecule has 1 aliphatic heterocycles. The molecule has 2 N–H and O–H groups in total. The minimum absolute atomic E-state index is 0.0595. The molecule has 20 heavy (non-hydrogen) atoms. The summed E-state index contributed by atoms with van der Waals surface area (Å²) in [5.41, 5.74) is 7.71. The average molecular weight is 277 g/mol. The molecular weight excluding hydrogens is 250 g/mol. The third-order valence-corrected chi connectivity index (χ3v) is 4.53. The van der Waals surface area contributed by atoms with Gasteiger partial charge in [-0.3, -0.25) is 0 Å². The van der Waals surface area contributed by atoms with Gasteiger partial charge in [0, 0.05) is 18.6 Å². The van der Waals surface area contributed by atoms with Gasteiger partial charge in [0.1, 0.15) is 12.4 Å². The van der Waals surface area contributed by atoms with E-state index in [1.54, 1.807) is 0 Å². The summed E-state index contributed by atoms with van der Waals surface area (Å²) in [7, 11) is 0. The quantitative estimate of drug-likeness (QED) is 0.869. The van der Waals surface area contributed by atoms with E-state index in [0.29, 0.717) is 12.5 Å². The molecule has 1 heterocycles. The first-order valence-electron chi connectivity index (χ1n) is 7.59. The fourth-order valence-electron chi connectivity index (χ4n) is 2.43. The van der Waals surface area contributed by atoms with Gasteiger partial charge in [0.25, 0.3) is 0 Å². The Morgan fingerprint density at radius 2 is 2.05 bits per heavy atom. The third kappa shape index (κ3) is 3.74. The van der Waals surface area contributed by atoms with Gasteiger partial charge >= 0.3 is 0 Å². The van der Waals surface area contributed by atoms with Crippen molar-refractivity contribution in [2.45, 2.75) is 45.1 Å². The minimum Gasteiger partial charge on any atom is -0.492 e. The first kappa shape index (κ1) is 15.3. The molecule has 0 saturated carbocycles. The lowest BCUT2D eigenvalue weighted by Crippen LogP contribution is -2.36. The maximum atomic E-state index is 6.14. The molecule has 1 saturated heterocycles. The van der Waals surface area contributed by atoms with Gasteiger partial charge in [0.05, 0.1) is 6.61 Å². The van der Waals surface area contributed by atoms with E-state index in [1.807, 2.05) is 12.1 Å². The fourth-order valence-corrected chi connectivity index (χ4v) is 2.43. The topological polar surface area (TPSA) is 44.5 Å². The van der Waals surface area contributed by atoms with Gasteiger partial charge < -0.3 is 15.2 Å². The summed E-state index contributed by atoms with van der Waals surface area (Å²) in [5.74, 6) is 1.34. The van der Waals surface area contributed by atoms with E-state index in [1.165, 1.54) is 5.56 Å². The maximum absolute atomic E-state index is 6.14. The number of hydrogen-bond acceptors (Lipinski definition) is 3. The lowest BCUT2D eigenvalue weighted by molar-refractivity contribution is 0.170. The van der Waals surface area contributed by atoms with Gasteiger partial charge in [-0.05, 0) is 36.0 Å². The fraction of sp³-hybridized carbons (Fsp3) is 0.647. The molecule has 0 radical (unpaired) electrons. The first-order chi connectivity index (χ1) is 9.53. The van der Waals surface area contributed by atoms with Crippen LogP contribution in [-0.4, -0.2) is 25.9 Å². The Labute approximate surface area is 122 Å². The predicted molar refractivity (Wildman–Crippen MR) is 82.2 cm³/mol. The molecule has 0 bridgehead atoms. The largest absolute Gasteiger partial charge is 0.492 e. The second-order valence-electron chi connectivity index (χ2n) is 6.36. The Kier molecular flexibility index (Phi) is 5.06. The highest BCUT2D eigenvalue weighted by atomic mass is 16.5. The Morgan fingerprint density at radius 1 is 1.35 bits per heavy atom. The Hall–Kier alpha value is -1.06. The molecule has 0 spiro atoms. The van der Waals surface area contributed by atoms with Crippen LogP contribution in [-0.2, 0) is 10.2 Å². The molecule has 0 amide bonds. The SMILES string of the molecule is CCC(C)(C)c1ccc(OCC(N)C2CCOC2)cc1. The number of benzene rings is 1. The molecule has 1 aromatic carbocycles. The summed E-state index contributed by atoms with van der Waals surface area (Å²) in [6.07, 6.45) is 2.17. The second-order valence-corrected chi connectivity index (χ2v) is 6.36. The van der Waals surface area contributed by atoms with Gasteiger partial charge in [-0.15, -0.1) is 0 Å². The van der Waals surface area contributed by atoms with Crippen LogP contribution in [0, 0.1) is 5.92 Å². The van der Waals surface area contributed by atoms with Crippen molar-refractivity contribution in [1.82, 2.24) is 0 Å². The summed E-state index contributed by atoms with van der Waals surface area (Å²) in [4.78, 5) is 0. The summed E-state index contributed by atoms with van der Waals surface area (Å²) in [6, 6.07) is 8.46. The van der Waals surface area contributed by atoms with Crippen LogP contribution in [0.15, 0.2) is 24.3 Å². The average Bonchev–Trinajstić information content (AvgIpc) is 2.99. The lowest BCUT2D eigenvalue weighted by Gasteiger charge is -2.23. The van der Waals surface area contributed by atoms with E-state index in [4.69, 9.17) is 15.2 Å². The first-order valence-corrected chi connectivity index (χ1v) is 7.59. The molecule has 3 nitrogen and oxygen atoms in total. The number of rotatable bonds is 6. The molecule has 1 aliphatic rings. The summed E-state index contributed by atoms with van der Waals surface area (Å²) < 4.78 is 11.2. The zero-order valence-corrected chi connectivity index (χ0v) is 12.9. The highest BCUT2D eigenvalue weighted by molar-refractivity contribution is 5.31. The van der Waals surface area contributed by atoms with Crippen molar-refractivity contribution in [2.75, 3.05) is 19.8 Å². The van der Waals surface area contributed by atoms with E-state index >= 15 is 0 Å². The van der Waals surface area contributed by atoms with Crippen molar-refractivity contribution in [3.63, 3.8) is 0 Å². The monoisotopic (exact) mass is 277 g/mol. The van der Waals surface area contributed by atoms with Crippen molar-refractivity contribution in [2.24, 2.45) is 11.7 Å². The molecular formula is C17H27NO2. The van der Waals surface area contributed by atoms with Crippen molar-refractivity contribution < 1.29 is 9.47 Å².